The number of carbonyl (C=O) groups is 1. The molecule has 0 aliphatic heterocycles. The lowest BCUT2D eigenvalue weighted by Crippen LogP contribution is -2.38. The molecule has 0 aromatic heterocycles. The molecule has 5 nitrogen and oxygen atoms in total. The number of rotatable bonds is 4. The number of carbonyl (C=O) groups excluding carboxylic acids is 2. The summed E-state index contributed by atoms with van der Waals surface area (Å²) in [6, 6.07) is 0. The molecule has 0 saturated carbocycles. The van der Waals surface area contributed by atoms with E-state index in [9.17, 15) is 9.59 Å². The van der Waals surface area contributed by atoms with Crippen LogP contribution in [0.5, 0.6) is 0 Å². The van der Waals surface area contributed by atoms with Gasteiger partial charge in [0, 0.05) is 7.11 Å². The molecule has 0 bridgehead atoms. The molecule has 0 rings (SSSR count). The number of methoxy groups -OCH3 is 2. The van der Waals surface area contributed by atoms with Gasteiger partial charge in [0.1, 0.15) is 0 Å². The number of esters is 1. The Labute approximate surface area is 70.4 Å². The zero-order valence-electron chi connectivity index (χ0n) is 7.29. The Hall–Kier alpha value is -1.19. The van der Waals surface area contributed by atoms with E-state index in [-0.39, 0.29) is 6.61 Å². The summed E-state index contributed by atoms with van der Waals surface area (Å²) in [5.41, 5.74) is -1.27. The zero-order valence-corrected chi connectivity index (χ0v) is 7.29. The summed E-state index contributed by atoms with van der Waals surface area (Å²) >= 11 is 0. The van der Waals surface area contributed by atoms with Crippen molar-refractivity contribution in [1.82, 2.24) is 0 Å². The highest BCUT2D eigenvalue weighted by Crippen LogP contribution is 2.11. The minimum atomic E-state index is -1.27. The maximum absolute atomic E-state index is 11.0. The first-order valence-corrected chi connectivity index (χ1v) is 3.27. The predicted molar refractivity (Wildman–Crippen MR) is 40.4 cm³/mol. The molecule has 0 saturated heterocycles. The molecule has 0 N–H and O–H groups in total. The molecule has 1 atom stereocenters. The second kappa shape index (κ2) is 4.64. The van der Waals surface area contributed by atoms with Crippen molar-refractivity contribution in [3.63, 3.8) is 0 Å². The van der Waals surface area contributed by atoms with E-state index in [0.717, 1.165) is 0 Å². The van der Waals surface area contributed by atoms with E-state index >= 15 is 0 Å². The number of isocyanates is 1. The van der Waals surface area contributed by atoms with Crippen molar-refractivity contribution in [2.75, 3.05) is 20.8 Å². The number of ether oxygens (including phenoxy) is 2. The Bertz CT molecular complexity index is 209. The molecular weight excluding hydrogens is 162 g/mol. The summed E-state index contributed by atoms with van der Waals surface area (Å²) in [6.45, 7) is 1.43. The fourth-order valence-corrected chi connectivity index (χ4v) is 0.739. The van der Waals surface area contributed by atoms with Crippen LogP contribution in [-0.4, -0.2) is 38.4 Å². The van der Waals surface area contributed by atoms with Gasteiger partial charge in [0.25, 0.3) is 0 Å². The second-order valence-electron chi connectivity index (χ2n) is 2.40. The summed E-state index contributed by atoms with van der Waals surface area (Å²) in [5.74, 6) is -0.618. The molecule has 5 heteroatoms. The summed E-state index contributed by atoms with van der Waals surface area (Å²) < 4.78 is 9.14. The quantitative estimate of drug-likeness (QED) is 0.338. The molecule has 0 spiro atoms. The van der Waals surface area contributed by atoms with Gasteiger partial charge in [-0.05, 0) is 6.92 Å². The van der Waals surface area contributed by atoms with Crippen LogP contribution in [0.4, 0.5) is 0 Å². The minimum Gasteiger partial charge on any atom is -0.467 e. The average Bonchev–Trinajstić information content (AvgIpc) is 2.04. The van der Waals surface area contributed by atoms with Crippen LogP contribution >= 0.6 is 0 Å². The van der Waals surface area contributed by atoms with Crippen LogP contribution in [0.15, 0.2) is 4.99 Å². The molecular formula is C7H11NO4. The van der Waals surface area contributed by atoms with Gasteiger partial charge in [-0.25, -0.2) is 9.59 Å². The van der Waals surface area contributed by atoms with Crippen LogP contribution in [0.3, 0.4) is 0 Å². The van der Waals surface area contributed by atoms with Gasteiger partial charge in [0.05, 0.1) is 13.7 Å². The van der Waals surface area contributed by atoms with E-state index in [4.69, 9.17) is 4.74 Å². The molecule has 0 fully saturated rings. The Kier molecular flexibility index (Phi) is 4.18. The van der Waals surface area contributed by atoms with E-state index in [1.807, 2.05) is 0 Å². The maximum Gasteiger partial charge on any atom is 0.336 e. The van der Waals surface area contributed by atoms with Crippen LogP contribution < -0.4 is 0 Å². The Morgan fingerprint density at radius 3 is 2.50 bits per heavy atom. The summed E-state index contributed by atoms with van der Waals surface area (Å²) in [6.07, 6.45) is 1.30. The van der Waals surface area contributed by atoms with Gasteiger partial charge in [0.15, 0.2) is 5.54 Å². The normalized spacial score (nSPS) is 14.2. The van der Waals surface area contributed by atoms with Gasteiger partial charge < -0.3 is 9.47 Å². The maximum atomic E-state index is 11.0. The first-order valence-electron chi connectivity index (χ1n) is 3.27. The first-order chi connectivity index (χ1) is 5.60. The predicted octanol–water partition coefficient (Wildman–Crippen LogP) is -0.0997. The lowest BCUT2D eigenvalue weighted by molar-refractivity contribution is -0.148. The lowest BCUT2D eigenvalue weighted by atomic mass is 10.1. The molecule has 0 radical (unpaired) electrons. The van der Waals surface area contributed by atoms with Gasteiger partial charge in [-0.2, -0.15) is 4.99 Å². The van der Waals surface area contributed by atoms with Crippen LogP contribution in [0.1, 0.15) is 6.92 Å². The van der Waals surface area contributed by atoms with Gasteiger partial charge in [-0.1, -0.05) is 0 Å². The van der Waals surface area contributed by atoms with Crippen molar-refractivity contribution in [1.29, 1.82) is 0 Å². The summed E-state index contributed by atoms with van der Waals surface area (Å²) in [7, 11) is 2.62. The highest BCUT2D eigenvalue weighted by Gasteiger charge is 2.34. The standard InChI is InChI=1S/C7H11NO4/c1-7(4-11-2,8-5-9)6(10)12-3/h4H2,1-3H3. The van der Waals surface area contributed by atoms with Crippen molar-refractivity contribution in [3.8, 4) is 0 Å². The molecule has 1 unspecified atom stereocenters. The third-order valence-corrected chi connectivity index (χ3v) is 1.34. The van der Waals surface area contributed by atoms with Crippen LogP contribution in [0.25, 0.3) is 0 Å². The average molecular weight is 173 g/mol. The van der Waals surface area contributed by atoms with Crippen LogP contribution in [-0.2, 0) is 19.1 Å². The van der Waals surface area contributed by atoms with E-state index < -0.39 is 11.5 Å². The Morgan fingerprint density at radius 1 is 1.58 bits per heavy atom. The van der Waals surface area contributed by atoms with Crippen molar-refractivity contribution in [2.45, 2.75) is 12.5 Å². The topological polar surface area (TPSA) is 65.0 Å². The molecule has 12 heavy (non-hydrogen) atoms. The SMILES string of the molecule is COCC(C)(N=C=O)C(=O)OC. The minimum absolute atomic E-state index is 0.00505. The molecule has 68 valence electrons. The van der Waals surface area contributed by atoms with Crippen LogP contribution in [0, 0.1) is 0 Å². The van der Waals surface area contributed by atoms with Crippen LogP contribution in [0.2, 0.25) is 0 Å². The van der Waals surface area contributed by atoms with Crippen molar-refractivity contribution in [3.05, 3.63) is 0 Å². The monoisotopic (exact) mass is 173 g/mol. The van der Waals surface area contributed by atoms with Crippen molar-refractivity contribution < 1.29 is 19.1 Å². The van der Waals surface area contributed by atoms with Gasteiger partial charge in [0.2, 0.25) is 6.08 Å². The van der Waals surface area contributed by atoms with E-state index in [0.29, 0.717) is 0 Å². The number of nitrogens with zero attached hydrogens (tertiary/aromatic N) is 1. The zero-order chi connectivity index (χ0) is 9.61. The number of hydrogen-bond acceptors (Lipinski definition) is 5. The molecule has 0 aliphatic carbocycles. The highest BCUT2D eigenvalue weighted by atomic mass is 16.5. The third-order valence-electron chi connectivity index (χ3n) is 1.34. The molecule has 0 aliphatic rings. The molecule has 0 aromatic carbocycles. The van der Waals surface area contributed by atoms with E-state index in [2.05, 4.69) is 9.73 Å². The Balaban J connectivity index is 4.59. The molecule has 0 aromatic rings. The number of hydrogen-bond donors (Lipinski definition) is 0. The fraction of sp³-hybridized carbons (Fsp3) is 0.714. The van der Waals surface area contributed by atoms with Gasteiger partial charge >= 0.3 is 5.97 Å². The Morgan fingerprint density at radius 2 is 2.17 bits per heavy atom. The van der Waals surface area contributed by atoms with Crippen molar-refractivity contribution in [2.24, 2.45) is 4.99 Å². The van der Waals surface area contributed by atoms with E-state index in [1.54, 1.807) is 0 Å². The lowest BCUT2D eigenvalue weighted by Gasteiger charge is -2.18. The molecule has 0 heterocycles. The van der Waals surface area contributed by atoms with E-state index in [1.165, 1.54) is 27.2 Å². The summed E-state index contributed by atoms with van der Waals surface area (Å²) in [4.78, 5) is 24.3. The fourth-order valence-electron chi connectivity index (χ4n) is 0.739. The van der Waals surface area contributed by atoms with Crippen molar-refractivity contribution >= 4 is 12.0 Å². The third kappa shape index (κ3) is 2.45. The van der Waals surface area contributed by atoms with Gasteiger partial charge in [-0.3, -0.25) is 0 Å². The summed E-state index contributed by atoms with van der Waals surface area (Å²) in [5, 5.41) is 0. The van der Waals surface area contributed by atoms with Gasteiger partial charge in [-0.15, -0.1) is 0 Å². The number of aliphatic imine (C=N–C) groups is 1. The largest absolute Gasteiger partial charge is 0.467 e. The second-order valence-corrected chi connectivity index (χ2v) is 2.40. The molecule has 0 amide bonds. The highest BCUT2D eigenvalue weighted by molar-refractivity contribution is 5.81. The first kappa shape index (κ1) is 10.8. The smallest absolute Gasteiger partial charge is 0.336 e.